The number of amides is 1. The number of carbonyl (C=O) groups excluding carboxylic acids is 1. The molecule has 1 amide bonds. The first-order chi connectivity index (χ1) is 9.40. The van der Waals surface area contributed by atoms with Crippen molar-refractivity contribution in [1.29, 1.82) is 0 Å². The molecule has 108 valence electrons. The van der Waals surface area contributed by atoms with E-state index in [1.807, 2.05) is 0 Å². The summed E-state index contributed by atoms with van der Waals surface area (Å²) < 4.78 is 13.6. The third-order valence-electron chi connectivity index (χ3n) is 3.27. The molecule has 1 saturated heterocycles. The van der Waals surface area contributed by atoms with Gasteiger partial charge in [0.25, 0.3) is 0 Å². The molecule has 7 heteroatoms. The average Bonchev–Trinajstić information content (AvgIpc) is 2.76. The first-order valence-electron chi connectivity index (χ1n) is 6.03. The average molecular weight is 302 g/mol. The number of β-amino-alcohol motifs (C(OH)–C–C–N with tert-alkyl or cyclic N) is 1. The zero-order chi connectivity index (χ0) is 14.9. The van der Waals surface area contributed by atoms with Gasteiger partial charge in [-0.2, -0.15) is 0 Å². The number of nitrogens with zero attached hydrogens (tertiary/aromatic N) is 1. The van der Waals surface area contributed by atoms with E-state index in [-0.39, 0.29) is 30.0 Å². The summed E-state index contributed by atoms with van der Waals surface area (Å²) in [6.45, 7) is -0.0676. The molecule has 0 unspecified atom stereocenters. The van der Waals surface area contributed by atoms with Crippen molar-refractivity contribution < 1.29 is 24.2 Å². The molecule has 20 heavy (non-hydrogen) atoms. The number of halogens is 2. The fourth-order valence-corrected chi connectivity index (χ4v) is 2.51. The first-order valence-corrected chi connectivity index (χ1v) is 6.41. The Hall–Kier alpha value is -1.66. The van der Waals surface area contributed by atoms with Crippen LogP contribution in [0, 0.1) is 5.82 Å². The molecule has 0 bridgehead atoms. The number of hydrogen-bond acceptors (Lipinski definition) is 3. The van der Waals surface area contributed by atoms with Gasteiger partial charge in [0.05, 0.1) is 12.5 Å². The molecule has 1 aromatic carbocycles. The van der Waals surface area contributed by atoms with Crippen molar-refractivity contribution in [2.45, 2.75) is 25.0 Å². The van der Waals surface area contributed by atoms with Crippen LogP contribution in [-0.4, -0.2) is 45.7 Å². The maximum absolute atomic E-state index is 13.6. The van der Waals surface area contributed by atoms with E-state index in [1.54, 1.807) is 0 Å². The lowest BCUT2D eigenvalue weighted by Gasteiger charge is -2.21. The van der Waals surface area contributed by atoms with Crippen LogP contribution >= 0.6 is 11.6 Å². The molecule has 2 N–H and O–H groups in total. The quantitative estimate of drug-likeness (QED) is 0.875. The normalized spacial score (nSPS) is 22.1. The maximum Gasteiger partial charge on any atom is 0.326 e. The van der Waals surface area contributed by atoms with Gasteiger partial charge in [-0.1, -0.05) is 17.7 Å². The molecule has 2 atom stereocenters. The molecule has 1 aliphatic heterocycles. The van der Waals surface area contributed by atoms with Gasteiger partial charge >= 0.3 is 5.97 Å². The minimum Gasteiger partial charge on any atom is -0.480 e. The number of carboxylic acids is 1. The van der Waals surface area contributed by atoms with Gasteiger partial charge in [-0.05, 0) is 12.1 Å². The second kappa shape index (κ2) is 5.76. The van der Waals surface area contributed by atoms with E-state index in [9.17, 15) is 19.1 Å². The van der Waals surface area contributed by atoms with Crippen LogP contribution in [0.1, 0.15) is 12.0 Å². The number of carboxylic acid groups (broad SMARTS) is 1. The van der Waals surface area contributed by atoms with Crippen LogP contribution in [0.25, 0.3) is 0 Å². The molecule has 0 aromatic heterocycles. The van der Waals surface area contributed by atoms with Crippen LogP contribution in [0.15, 0.2) is 18.2 Å². The van der Waals surface area contributed by atoms with Gasteiger partial charge in [-0.15, -0.1) is 0 Å². The monoisotopic (exact) mass is 301 g/mol. The Morgan fingerprint density at radius 3 is 2.75 bits per heavy atom. The highest BCUT2D eigenvalue weighted by atomic mass is 35.5. The predicted molar refractivity (Wildman–Crippen MR) is 68.9 cm³/mol. The summed E-state index contributed by atoms with van der Waals surface area (Å²) in [5.74, 6) is -2.37. The van der Waals surface area contributed by atoms with E-state index in [2.05, 4.69) is 0 Å². The number of hydrogen-bond donors (Lipinski definition) is 2. The van der Waals surface area contributed by atoms with Crippen molar-refractivity contribution in [3.63, 3.8) is 0 Å². The Morgan fingerprint density at radius 1 is 1.45 bits per heavy atom. The van der Waals surface area contributed by atoms with Crippen molar-refractivity contribution in [3.05, 3.63) is 34.6 Å². The van der Waals surface area contributed by atoms with Crippen LogP contribution in [-0.2, 0) is 16.0 Å². The predicted octanol–water partition coefficient (Wildman–Crippen LogP) is 1.07. The molecule has 1 heterocycles. The summed E-state index contributed by atoms with van der Waals surface area (Å²) in [5, 5.41) is 18.6. The zero-order valence-electron chi connectivity index (χ0n) is 10.4. The lowest BCUT2D eigenvalue weighted by atomic mass is 10.1. The topological polar surface area (TPSA) is 77.8 Å². The van der Waals surface area contributed by atoms with Crippen LogP contribution in [0.4, 0.5) is 4.39 Å². The number of aliphatic hydroxyl groups excluding tert-OH is 1. The number of rotatable bonds is 3. The molecular formula is C13H13ClFNO4. The minimum absolute atomic E-state index is 0.0217. The number of aliphatic carboxylic acids is 1. The molecule has 0 radical (unpaired) electrons. The Kier molecular flexibility index (Phi) is 4.25. The highest BCUT2D eigenvalue weighted by Crippen LogP contribution is 2.23. The highest BCUT2D eigenvalue weighted by molar-refractivity contribution is 6.31. The molecule has 0 spiro atoms. The third-order valence-corrected chi connectivity index (χ3v) is 3.63. The second-order valence-electron chi connectivity index (χ2n) is 4.67. The largest absolute Gasteiger partial charge is 0.480 e. The van der Waals surface area contributed by atoms with Gasteiger partial charge in [0.15, 0.2) is 0 Å². The Bertz CT molecular complexity index is 531. The fourth-order valence-electron chi connectivity index (χ4n) is 2.28. The van der Waals surface area contributed by atoms with Crippen molar-refractivity contribution in [3.8, 4) is 0 Å². The van der Waals surface area contributed by atoms with Gasteiger partial charge in [-0.25, -0.2) is 9.18 Å². The lowest BCUT2D eigenvalue weighted by Crippen LogP contribution is -2.41. The van der Waals surface area contributed by atoms with E-state index in [1.165, 1.54) is 18.2 Å². The van der Waals surface area contributed by atoms with E-state index < -0.39 is 29.8 Å². The summed E-state index contributed by atoms with van der Waals surface area (Å²) in [7, 11) is 0. The first kappa shape index (κ1) is 14.7. The summed E-state index contributed by atoms with van der Waals surface area (Å²) >= 11 is 5.83. The molecule has 0 saturated carbocycles. The number of aliphatic hydroxyl groups is 1. The van der Waals surface area contributed by atoms with Crippen molar-refractivity contribution in [1.82, 2.24) is 4.90 Å². The third kappa shape index (κ3) is 2.91. The number of benzene rings is 1. The van der Waals surface area contributed by atoms with E-state index in [0.717, 1.165) is 4.90 Å². The molecule has 0 aliphatic carbocycles. The number of carbonyl (C=O) groups is 2. The van der Waals surface area contributed by atoms with Gasteiger partial charge in [0.1, 0.15) is 11.9 Å². The van der Waals surface area contributed by atoms with Crippen LogP contribution in [0.5, 0.6) is 0 Å². The second-order valence-corrected chi connectivity index (χ2v) is 5.07. The Balaban J connectivity index is 2.18. The highest BCUT2D eigenvalue weighted by Gasteiger charge is 2.38. The van der Waals surface area contributed by atoms with Crippen LogP contribution in [0.3, 0.4) is 0 Å². The summed E-state index contributed by atoms with van der Waals surface area (Å²) in [4.78, 5) is 24.2. The standard InChI is InChI=1S/C13H13ClFNO4/c14-9-2-1-3-10(15)8(9)5-12(18)16-6-7(17)4-11(16)13(19)20/h1-3,7,11,17H,4-6H2,(H,19,20)/t7-,11+/m1/s1. The molecular weight excluding hydrogens is 289 g/mol. The molecule has 1 aliphatic rings. The maximum atomic E-state index is 13.6. The molecule has 5 nitrogen and oxygen atoms in total. The molecule has 2 rings (SSSR count). The summed E-state index contributed by atoms with van der Waals surface area (Å²) in [5.41, 5.74) is 0.0321. The fraction of sp³-hybridized carbons (Fsp3) is 0.385. The smallest absolute Gasteiger partial charge is 0.326 e. The molecule has 1 fully saturated rings. The van der Waals surface area contributed by atoms with Crippen molar-refractivity contribution in [2.75, 3.05) is 6.54 Å². The zero-order valence-corrected chi connectivity index (χ0v) is 11.2. The Labute approximate surface area is 119 Å². The lowest BCUT2D eigenvalue weighted by molar-refractivity contribution is -0.148. The Morgan fingerprint density at radius 2 is 2.15 bits per heavy atom. The van der Waals surface area contributed by atoms with Crippen LogP contribution in [0.2, 0.25) is 5.02 Å². The summed E-state index contributed by atoms with van der Waals surface area (Å²) in [6, 6.07) is 2.98. The van der Waals surface area contributed by atoms with E-state index in [0.29, 0.717) is 0 Å². The number of likely N-dealkylation sites (tertiary alicyclic amines) is 1. The van der Waals surface area contributed by atoms with Gasteiger partial charge in [0, 0.05) is 23.6 Å². The van der Waals surface area contributed by atoms with Crippen LogP contribution < -0.4 is 0 Å². The molecule has 1 aromatic rings. The van der Waals surface area contributed by atoms with Crippen molar-refractivity contribution in [2.24, 2.45) is 0 Å². The summed E-state index contributed by atoms with van der Waals surface area (Å²) in [6.07, 6.45) is -1.23. The van der Waals surface area contributed by atoms with Crippen molar-refractivity contribution >= 4 is 23.5 Å². The van der Waals surface area contributed by atoms with E-state index in [4.69, 9.17) is 16.7 Å². The van der Waals surface area contributed by atoms with Gasteiger partial charge < -0.3 is 15.1 Å². The minimum atomic E-state index is -1.19. The van der Waals surface area contributed by atoms with Gasteiger partial charge in [0.2, 0.25) is 5.91 Å². The van der Waals surface area contributed by atoms with E-state index >= 15 is 0 Å². The van der Waals surface area contributed by atoms with Gasteiger partial charge in [-0.3, -0.25) is 4.79 Å². The SMILES string of the molecule is O=C(O)[C@@H]1C[C@@H](O)CN1C(=O)Cc1c(F)cccc1Cl.